The van der Waals surface area contributed by atoms with E-state index in [-0.39, 0.29) is 0 Å². The molecule has 0 saturated carbocycles. The molecule has 0 aliphatic heterocycles. The molecule has 0 unspecified atom stereocenters. The number of methoxy groups -OCH3 is 1. The fraction of sp³-hybridized carbons (Fsp3) is 0.250. The van der Waals surface area contributed by atoms with Gasteiger partial charge in [0.25, 0.3) is 0 Å². The first-order chi connectivity index (χ1) is 10.2. The van der Waals surface area contributed by atoms with Crippen LogP contribution in [0.2, 0.25) is 5.02 Å². The van der Waals surface area contributed by atoms with Gasteiger partial charge in [0.15, 0.2) is 5.65 Å². The third-order valence-electron chi connectivity index (χ3n) is 3.39. The van der Waals surface area contributed by atoms with E-state index in [9.17, 15) is 0 Å². The van der Waals surface area contributed by atoms with Crippen LogP contribution in [0.1, 0.15) is 12.6 Å². The van der Waals surface area contributed by atoms with Crippen molar-refractivity contribution in [2.75, 3.05) is 7.11 Å². The second kappa shape index (κ2) is 5.84. The highest BCUT2D eigenvalue weighted by atomic mass is 35.5. The zero-order valence-electron chi connectivity index (χ0n) is 12.0. The topological polar surface area (TPSA) is 39.9 Å². The molecule has 2 aromatic heterocycles. The zero-order valence-corrected chi connectivity index (χ0v) is 12.8. The summed E-state index contributed by atoms with van der Waals surface area (Å²) in [5, 5.41) is 6.15. The van der Waals surface area contributed by atoms with Crippen LogP contribution in [0.3, 0.4) is 0 Å². The number of benzene rings is 1. The number of halogens is 1. The van der Waals surface area contributed by atoms with Crippen LogP contribution in [0.15, 0.2) is 36.5 Å². The van der Waals surface area contributed by atoms with Gasteiger partial charge >= 0.3 is 0 Å². The Bertz CT molecular complexity index is 782. The fourth-order valence-corrected chi connectivity index (χ4v) is 2.64. The molecule has 0 aliphatic carbocycles. The van der Waals surface area contributed by atoms with Crippen molar-refractivity contribution in [2.24, 2.45) is 0 Å². The van der Waals surface area contributed by atoms with E-state index in [2.05, 4.69) is 17.0 Å². The molecule has 2 heterocycles. The summed E-state index contributed by atoms with van der Waals surface area (Å²) in [6.45, 7) is 3.30. The first-order valence-electron chi connectivity index (χ1n) is 6.83. The van der Waals surface area contributed by atoms with Crippen molar-refractivity contribution < 1.29 is 4.74 Å². The van der Waals surface area contributed by atoms with Crippen molar-refractivity contribution in [1.82, 2.24) is 14.8 Å². The Morgan fingerprint density at radius 3 is 2.86 bits per heavy atom. The predicted molar refractivity (Wildman–Crippen MR) is 84.4 cm³/mol. The lowest BCUT2D eigenvalue weighted by Gasteiger charge is -2.08. The number of pyridine rings is 1. The van der Waals surface area contributed by atoms with Gasteiger partial charge in [-0.3, -0.25) is 0 Å². The molecule has 0 radical (unpaired) electrons. The zero-order chi connectivity index (χ0) is 14.8. The lowest BCUT2D eigenvalue weighted by atomic mass is 10.0. The standard InChI is InChI=1S/C16H16ClN3O/c1-3-20-16-15(9-18-20)14(8-13(19-16)10-21-2)11-5-4-6-12(17)7-11/h4-9H,3,10H2,1-2H3. The van der Waals surface area contributed by atoms with E-state index < -0.39 is 0 Å². The lowest BCUT2D eigenvalue weighted by Crippen LogP contribution is -2.00. The minimum atomic E-state index is 0.471. The van der Waals surface area contributed by atoms with E-state index in [4.69, 9.17) is 16.3 Å². The van der Waals surface area contributed by atoms with Gasteiger partial charge in [-0.25, -0.2) is 9.67 Å². The van der Waals surface area contributed by atoms with Gasteiger partial charge in [-0.05, 0) is 36.2 Å². The monoisotopic (exact) mass is 301 g/mol. The Labute approximate surface area is 128 Å². The average molecular weight is 302 g/mol. The maximum Gasteiger partial charge on any atom is 0.158 e. The largest absolute Gasteiger partial charge is 0.378 e. The van der Waals surface area contributed by atoms with Crippen molar-refractivity contribution in [3.8, 4) is 11.1 Å². The van der Waals surface area contributed by atoms with Crippen LogP contribution in [0.5, 0.6) is 0 Å². The fourth-order valence-electron chi connectivity index (χ4n) is 2.45. The number of aryl methyl sites for hydroxylation is 1. The second-order valence-electron chi connectivity index (χ2n) is 4.80. The van der Waals surface area contributed by atoms with Crippen LogP contribution in [0.25, 0.3) is 22.2 Å². The first kappa shape index (κ1) is 14.0. The molecule has 0 bridgehead atoms. The molecule has 3 rings (SSSR count). The molecule has 108 valence electrons. The Morgan fingerprint density at radius 1 is 1.29 bits per heavy atom. The van der Waals surface area contributed by atoms with Crippen molar-refractivity contribution in [3.05, 3.63) is 47.2 Å². The Kier molecular flexibility index (Phi) is 3.90. The summed E-state index contributed by atoms with van der Waals surface area (Å²) in [5.41, 5.74) is 3.90. The van der Waals surface area contributed by atoms with Gasteiger partial charge in [-0.2, -0.15) is 5.10 Å². The van der Waals surface area contributed by atoms with Crippen LogP contribution in [0.4, 0.5) is 0 Å². The first-order valence-corrected chi connectivity index (χ1v) is 7.21. The van der Waals surface area contributed by atoms with Crippen LogP contribution >= 0.6 is 11.6 Å². The van der Waals surface area contributed by atoms with E-state index in [1.807, 2.05) is 41.2 Å². The van der Waals surface area contributed by atoms with Crippen LogP contribution in [0, 0.1) is 0 Å². The molecule has 0 atom stereocenters. The van der Waals surface area contributed by atoms with Crippen molar-refractivity contribution in [2.45, 2.75) is 20.1 Å². The summed E-state index contributed by atoms with van der Waals surface area (Å²) >= 11 is 6.12. The molecule has 1 aromatic carbocycles. The lowest BCUT2D eigenvalue weighted by molar-refractivity contribution is 0.182. The molecule has 0 saturated heterocycles. The van der Waals surface area contributed by atoms with E-state index in [0.29, 0.717) is 11.6 Å². The number of rotatable bonds is 4. The molecule has 0 amide bonds. The summed E-state index contributed by atoms with van der Waals surface area (Å²) in [7, 11) is 1.67. The maximum absolute atomic E-state index is 6.12. The van der Waals surface area contributed by atoms with E-state index in [1.165, 1.54) is 0 Å². The summed E-state index contributed by atoms with van der Waals surface area (Å²) in [5.74, 6) is 0. The van der Waals surface area contributed by atoms with Crippen molar-refractivity contribution in [1.29, 1.82) is 0 Å². The number of aromatic nitrogens is 3. The summed E-state index contributed by atoms with van der Waals surface area (Å²) in [6, 6.07) is 9.86. The second-order valence-corrected chi connectivity index (χ2v) is 5.24. The van der Waals surface area contributed by atoms with Crippen LogP contribution in [-0.4, -0.2) is 21.9 Å². The molecule has 0 aliphatic rings. The molecular weight excluding hydrogens is 286 g/mol. The van der Waals surface area contributed by atoms with Gasteiger partial charge in [0.1, 0.15) is 0 Å². The number of nitrogens with zero attached hydrogens (tertiary/aromatic N) is 3. The SMILES string of the molecule is CCn1ncc2c(-c3cccc(Cl)c3)cc(COC)nc21. The Morgan fingerprint density at radius 2 is 2.14 bits per heavy atom. The normalized spacial score (nSPS) is 11.2. The van der Waals surface area contributed by atoms with Crippen molar-refractivity contribution >= 4 is 22.6 Å². The molecule has 21 heavy (non-hydrogen) atoms. The molecule has 0 spiro atoms. The van der Waals surface area contributed by atoms with E-state index in [1.54, 1.807) is 7.11 Å². The molecule has 4 nitrogen and oxygen atoms in total. The molecule has 0 fully saturated rings. The van der Waals surface area contributed by atoms with E-state index >= 15 is 0 Å². The van der Waals surface area contributed by atoms with Gasteiger partial charge < -0.3 is 4.74 Å². The van der Waals surface area contributed by atoms with Crippen molar-refractivity contribution in [3.63, 3.8) is 0 Å². The third-order valence-corrected chi connectivity index (χ3v) is 3.62. The number of hydrogen-bond acceptors (Lipinski definition) is 3. The highest BCUT2D eigenvalue weighted by molar-refractivity contribution is 6.30. The number of ether oxygens (including phenoxy) is 1. The quantitative estimate of drug-likeness (QED) is 0.733. The molecular formula is C16H16ClN3O. The number of hydrogen-bond donors (Lipinski definition) is 0. The summed E-state index contributed by atoms with van der Waals surface area (Å²) in [6.07, 6.45) is 1.86. The third kappa shape index (κ3) is 2.64. The smallest absolute Gasteiger partial charge is 0.158 e. The predicted octanol–water partition coefficient (Wildman–Crippen LogP) is 3.92. The summed E-state index contributed by atoms with van der Waals surface area (Å²) < 4.78 is 7.11. The Balaban J connectivity index is 2.27. The van der Waals surface area contributed by atoms with Gasteiger partial charge in [0, 0.05) is 24.1 Å². The number of fused-ring (bicyclic) bond motifs is 1. The highest BCUT2D eigenvalue weighted by Gasteiger charge is 2.12. The van der Waals surface area contributed by atoms with E-state index in [0.717, 1.165) is 34.4 Å². The van der Waals surface area contributed by atoms with Gasteiger partial charge in [-0.15, -0.1) is 0 Å². The molecule has 0 N–H and O–H groups in total. The van der Waals surface area contributed by atoms with Gasteiger partial charge in [0.2, 0.25) is 0 Å². The van der Waals surface area contributed by atoms with Crippen LogP contribution in [-0.2, 0) is 17.9 Å². The van der Waals surface area contributed by atoms with Gasteiger partial charge in [-0.1, -0.05) is 23.7 Å². The van der Waals surface area contributed by atoms with Crippen LogP contribution < -0.4 is 0 Å². The molecule has 5 heteroatoms. The summed E-state index contributed by atoms with van der Waals surface area (Å²) in [4.78, 5) is 4.65. The Hall–Kier alpha value is -1.91. The van der Waals surface area contributed by atoms with Gasteiger partial charge in [0.05, 0.1) is 18.5 Å². The molecule has 3 aromatic rings. The minimum absolute atomic E-state index is 0.471. The average Bonchev–Trinajstić information content (AvgIpc) is 2.90. The maximum atomic E-state index is 6.12. The highest BCUT2D eigenvalue weighted by Crippen LogP contribution is 2.30. The minimum Gasteiger partial charge on any atom is -0.378 e.